The molecule has 0 amide bonds. The first-order valence-electron chi connectivity index (χ1n) is 9.17. The molecule has 1 aliphatic carbocycles. The summed E-state index contributed by atoms with van der Waals surface area (Å²) in [5, 5.41) is 0.784. The van der Waals surface area contributed by atoms with Crippen molar-refractivity contribution >= 4 is 28.4 Å². The van der Waals surface area contributed by atoms with Crippen LogP contribution in [0.2, 0.25) is 0 Å². The zero-order chi connectivity index (χ0) is 19.1. The summed E-state index contributed by atoms with van der Waals surface area (Å²) in [7, 11) is 3.29. The molecule has 2 unspecified atom stereocenters. The fourth-order valence-corrected chi connectivity index (χ4v) is 4.37. The number of nitrogens with zero attached hydrogens (tertiary/aromatic N) is 1. The Morgan fingerprint density at radius 3 is 2.85 bits per heavy atom. The molecule has 0 saturated heterocycles. The molecule has 0 saturated carbocycles. The lowest BCUT2D eigenvalue weighted by atomic mass is 9.77. The van der Waals surface area contributed by atoms with Gasteiger partial charge in [0.15, 0.2) is 11.6 Å². The number of esters is 1. The molecule has 1 aromatic carbocycles. The van der Waals surface area contributed by atoms with Crippen LogP contribution in [-0.4, -0.2) is 48.1 Å². The van der Waals surface area contributed by atoms with Crippen LogP contribution in [0.25, 0.3) is 10.9 Å². The lowest BCUT2D eigenvalue weighted by molar-refractivity contribution is -0.141. The minimum Gasteiger partial charge on any atom is -0.469 e. The molecule has 0 radical (unpaired) electrons. The van der Waals surface area contributed by atoms with Crippen LogP contribution in [0, 0.1) is 11.8 Å². The lowest BCUT2D eigenvalue weighted by Crippen LogP contribution is -2.36. The van der Waals surface area contributed by atoms with Gasteiger partial charge in [-0.05, 0) is 18.4 Å². The van der Waals surface area contributed by atoms with Crippen molar-refractivity contribution in [2.75, 3.05) is 20.7 Å². The number of ether oxygens (including phenoxy) is 1. The molecule has 1 aromatic heterocycles. The Hall–Kier alpha value is -2.89. The molecule has 0 bridgehead atoms. The Balaban J connectivity index is 1.75. The quantitative estimate of drug-likeness (QED) is 0.845. The van der Waals surface area contributed by atoms with E-state index in [1.54, 1.807) is 0 Å². The first-order valence-corrected chi connectivity index (χ1v) is 9.17. The lowest BCUT2D eigenvalue weighted by Gasteiger charge is -2.35. The third-order valence-electron chi connectivity index (χ3n) is 5.68. The van der Waals surface area contributed by atoms with E-state index in [0.29, 0.717) is 29.8 Å². The molecule has 2 aromatic rings. The van der Waals surface area contributed by atoms with Crippen LogP contribution in [0.3, 0.4) is 0 Å². The third kappa shape index (κ3) is 2.95. The van der Waals surface area contributed by atoms with Crippen molar-refractivity contribution in [2.45, 2.75) is 19.3 Å². The van der Waals surface area contributed by atoms with Gasteiger partial charge in [0.25, 0.3) is 0 Å². The SMILES string of the molecule is COC(=O)CCC1CN(C)C=C2C(=O)c3c([nH]c4ccccc34)C(=O)CC21. The molecular weight excluding hydrogens is 344 g/mol. The van der Waals surface area contributed by atoms with Crippen LogP contribution in [0.1, 0.15) is 40.1 Å². The summed E-state index contributed by atoms with van der Waals surface area (Å²) >= 11 is 0. The third-order valence-corrected chi connectivity index (χ3v) is 5.68. The van der Waals surface area contributed by atoms with Gasteiger partial charge in [-0.1, -0.05) is 18.2 Å². The minimum absolute atomic E-state index is 0.0458. The molecular formula is C21H22N2O4. The highest BCUT2D eigenvalue weighted by molar-refractivity contribution is 6.24. The fourth-order valence-electron chi connectivity index (χ4n) is 4.37. The molecule has 27 heavy (non-hydrogen) atoms. The molecule has 6 nitrogen and oxygen atoms in total. The predicted octanol–water partition coefficient (Wildman–Crippen LogP) is 2.95. The van der Waals surface area contributed by atoms with Gasteiger partial charge in [-0.3, -0.25) is 14.4 Å². The van der Waals surface area contributed by atoms with Crippen molar-refractivity contribution in [3.63, 3.8) is 0 Å². The van der Waals surface area contributed by atoms with E-state index in [2.05, 4.69) is 4.98 Å². The van der Waals surface area contributed by atoms with Gasteiger partial charge >= 0.3 is 5.97 Å². The monoisotopic (exact) mass is 366 g/mol. The summed E-state index contributed by atoms with van der Waals surface area (Å²) < 4.78 is 4.75. The number of carbonyl (C=O) groups excluding carboxylic acids is 3. The molecule has 2 atom stereocenters. The van der Waals surface area contributed by atoms with E-state index in [9.17, 15) is 14.4 Å². The summed E-state index contributed by atoms with van der Waals surface area (Å²) in [6.45, 7) is 0.709. The second-order valence-electron chi connectivity index (χ2n) is 7.38. The molecule has 0 spiro atoms. The summed E-state index contributed by atoms with van der Waals surface area (Å²) in [5.41, 5.74) is 2.35. The molecule has 6 heteroatoms. The number of fused-ring (bicyclic) bond motifs is 4. The molecule has 4 rings (SSSR count). The minimum atomic E-state index is -0.267. The van der Waals surface area contributed by atoms with Crippen molar-refractivity contribution in [2.24, 2.45) is 11.8 Å². The van der Waals surface area contributed by atoms with E-state index in [1.165, 1.54) is 7.11 Å². The number of para-hydroxylation sites is 1. The van der Waals surface area contributed by atoms with Gasteiger partial charge in [-0.15, -0.1) is 0 Å². The first-order chi connectivity index (χ1) is 13.0. The number of rotatable bonds is 3. The maximum atomic E-state index is 13.4. The van der Waals surface area contributed by atoms with Crippen LogP contribution in [-0.2, 0) is 9.53 Å². The van der Waals surface area contributed by atoms with Crippen molar-refractivity contribution in [1.29, 1.82) is 0 Å². The second-order valence-corrected chi connectivity index (χ2v) is 7.38. The van der Waals surface area contributed by atoms with E-state index in [1.807, 2.05) is 42.4 Å². The fraction of sp³-hybridized carbons (Fsp3) is 0.381. The van der Waals surface area contributed by atoms with E-state index in [-0.39, 0.29) is 42.2 Å². The van der Waals surface area contributed by atoms with Crippen molar-refractivity contribution in [3.05, 3.63) is 47.3 Å². The van der Waals surface area contributed by atoms with E-state index < -0.39 is 0 Å². The number of hydrogen-bond acceptors (Lipinski definition) is 5. The molecule has 0 fully saturated rings. The summed E-state index contributed by atoms with van der Waals surface area (Å²) in [4.78, 5) is 43.1. The van der Waals surface area contributed by atoms with Gasteiger partial charge in [-0.2, -0.15) is 0 Å². The number of H-pyrrole nitrogens is 1. The summed E-state index contributed by atoms with van der Waals surface area (Å²) in [6, 6.07) is 7.50. The standard InChI is InChI=1S/C21H22N2O4/c1-23-10-12(7-8-18(25)27-2)14-9-17(24)20-19(21(26)15(14)11-23)13-5-3-4-6-16(13)22-20/h3-6,11-12,14,22H,7-10H2,1-2H3. The number of Topliss-reactive ketones (excluding diaryl/α,β-unsaturated/α-hetero) is 2. The van der Waals surface area contributed by atoms with Gasteiger partial charge in [-0.25, -0.2) is 0 Å². The van der Waals surface area contributed by atoms with E-state index in [4.69, 9.17) is 4.74 Å². The Morgan fingerprint density at radius 1 is 1.30 bits per heavy atom. The number of aromatic amines is 1. The zero-order valence-electron chi connectivity index (χ0n) is 15.5. The highest BCUT2D eigenvalue weighted by Gasteiger charge is 2.40. The predicted molar refractivity (Wildman–Crippen MR) is 101 cm³/mol. The molecule has 2 heterocycles. The van der Waals surface area contributed by atoms with Gasteiger partial charge in [0.2, 0.25) is 0 Å². The van der Waals surface area contributed by atoms with Crippen LogP contribution < -0.4 is 0 Å². The number of hydrogen-bond donors (Lipinski definition) is 1. The number of ketones is 2. The highest BCUT2D eigenvalue weighted by Crippen LogP contribution is 2.40. The van der Waals surface area contributed by atoms with Gasteiger partial charge in [0, 0.05) is 55.0 Å². The number of benzene rings is 1. The number of carbonyl (C=O) groups is 3. The van der Waals surface area contributed by atoms with Crippen LogP contribution in [0.15, 0.2) is 36.0 Å². The Bertz CT molecular complexity index is 972. The molecule has 1 N–H and O–H groups in total. The Morgan fingerprint density at radius 2 is 2.07 bits per heavy atom. The Kier molecular flexibility index (Phi) is 4.34. The van der Waals surface area contributed by atoms with Crippen molar-refractivity contribution in [1.82, 2.24) is 9.88 Å². The molecule has 2 aliphatic rings. The van der Waals surface area contributed by atoms with E-state index in [0.717, 1.165) is 10.9 Å². The normalized spacial score (nSPS) is 22.1. The topological polar surface area (TPSA) is 79.5 Å². The molecule has 140 valence electrons. The van der Waals surface area contributed by atoms with Crippen LogP contribution in [0.5, 0.6) is 0 Å². The van der Waals surface area contributed by atoms with Gasteiger partial charge in [0.1, 0.15) is 0 Å². The average Bonchev–Trinajstić information content (AvgIpc) is 3.02. The highest BCUT2D eigenvalue weighted by atomic mass is 16.5. The number of allylic oxidation sites excluding steroid dienone is 1. The maximum absolute atomic E-state index is 13.4. The average molecular weight is 366 g/mol. The first kappa shape index (κ1) is 17.5. The van der Waals surface area contributed by atoms with Crippen LogP contribution >= 0.6 is 0 Å². The largest absolute Gasteiger partial charge is 0.469 e. The second kappa shape index (κ2) is 6.68. The number of nitrogens with one attached hydrogen (secondary N) is 1. The Labute approximate surface area is 157 Å². The van der Waals surface area contributed by atoms with Gasteiger partial charge < -0.3 is 14.6 Å². The van der Waals surface area contributed by atoms with Crippen LogP contribution in [0.4, 0.5) is 0 Å². The maximum Gasteiger partial charge on any atom is 0.305 e. The van der Waals surface area contributed by atoms with Crippen molar-refractivity contribution < 1.29 is 19.1 Å². The van der Waals surface area contributed by atoms with E-state index >= 15 is 0 Å². The number of aromatic nitrogens is 1. The number of methoxy groups -OCH3 is 1. The zero-order valence-corrected chi connectivity index (χ0v) is 15.5. The smallest absolute Gasteiger partial charge is 0.305 e. The molecule has 1 aliphatic heterocycles. The van der Waals surface area contributed by atoms with Crippen molar-refractivity contribution in [3.8, 4) is 0 Å². The summed E-state index contributed by atoms with van der Waals surface area (Å²) in [5.74, 6) is -0.526. The summed E-state index contributed by atoms with van der Waals surface area (Å²) in [6.07, 6.45) is 3.02. The van der Waals surface area contributed by atoms with Gasteiger partial charge in [0.05, 0.1) is 18.4 Å².